The lowest BCUT2D eigenvalue weighted by Gasteiger charge is -2.26. The highest BCUT2D eigenvalue weighted by atomic mass is 16.2. The maximum absolute atomic E-state index is 12.4. The van der Waals surface area contributed by atoms with Gasteiger partial charge in [0.05, 0.1) is 6.04 Å². The maximum Gasteiger partial charge on any atom is 0.222 e. The molecule has 4 rings (SSSR count). The third-order valence-electron chi connectivity index (χ3n) is 5.33. The highest BCUT2D eigenvalue weighted by Gasteiger charge is 2.25. The van der Waals surface area contributed by atoms with Gasteiger partial charge in [-0.25, -0.2) is 9.97 Å². The number of nitrogens with one attached hydrogen (secondary N) is 1. The van der Waals surface area contributed by atoms with Crippen LogP contribution in [-0.4, -0.2) is 39.8 Å². The first-order valence-electron chi connectivity index (χ1n) is 9.69. The van der Waals surface area contributed by atoms with Crippen molar-refractivity contribution in [3.8, 4) is 11.4 Å². The smallest absolute Gasteiger partial charge is 0.222 e. The number of aromatic nitrogens is 2. The number of fused-ring (bicyclic) bond motifs is 1. The molecule has 1 saturated heterocycles. The fraction of sp³-hybridized carbons (Fsp3) is 0.429. The highest BCUT2D eigenvalue weighted by molar-refractivity contribution is 5.80. The van der Waals surface area contributed by atoms with Gasteiger partial charge in [-0.3, -0.25) is 9.59 Å². The van der Waals surface area contributed by atoms with E-state index in [2.05, 4.69) is 10.3 Å². The number of rotatable bonds is 5. The number of carbonyl (C=O) groups excluding carboxylic acids is 2. The summed E-state index contributed by atoms with van der Waals surface area (Å²) < 4.78 is 0. The minimum atomic E-state index is -0.0413. The summed E-state index contributed by atoms with van der Waals surface area (Å²) in [5.74, 6) is 0.876. The van der Waals surface area contributed by atoms with E-state index in [9.17, 15) is 9.59 Å². The van der Waals surface area contributed by atoms with Crippen LogP contribution in [0.15, 0.2) is 36.5 Å². The van der Waals surface area contributed by atoms with Gasteiger partial charge in [0, 0.05) is 48.9 Å². The lowest BCUT2D eigenvalue weighted by atomic mass is 9.92. The molecule has 0 saturated carbocycles. The third kappa shape index (κ3) is 3.99. The molecular formula is C21H24N4O2. The van der Waals surface area contributed by atoms with Crippen molar-refractivity contribution in [2.24, 2.45) is 0 Å². The quantitative estimate of drug-likeness (QED) is 0.885. The average Bonchev–Trinajstić information content (AvgIpc) is 3.12. The van der Waals surface area contributed by atoms with Gasteiger partial charge >= 0.3 is 0 Å². The fourth-order valence-corrected chi connectivity index (χ4v) is 3.87. The van der Waals surface area contributed by atoms with Crippen molar-refractivity contribution in [3.05, 3.63) is 47.8 Å². The maximum atomic E-state index is 12.4. The number of carbonyl (C=O) groups is 2. The van der Waals surface area contributed by atoms with Crippen LogP contribution in [0.5, 0.6) is 0 Å². The zero-order valence-corrected chi connectivity index (χ0v) is 15.4. The fourth-order valence-electron chi connectivity index (χ4n) is 3.87. The van der Waals surface area contributed by atoms with Crippen LogP contribution in [0.1, 0.15) is 49.4 Å². The normalized spacial score (nSPS) is 19.0. The van der Waals surface area contributed by atoms with E-state index in [1.807, 2.05) is 36.5 Å². The number of likely N-dealkylation sites (tertiary alicyclic amines) is 1. The Labute approximate surface area is 159 Å². The van der Waals surface area contributed by atoms with Gasteiger partial charge in [-0.05, 0) is 25.7 Å². The van der Waals surface area contributed by atoms with E-state index in [-0.39, 0.29) is 17.9 Å². The van der Waals surface area contributed by atoms with Gasteiger partial charge in [0.25, 0.3) is 0 Å². The standard InChI is InChI=1S/C21H24N4O2/c26-19(11-13-25-12-5-10-20(25)27)23-17-8-4-9-18-16(17)14-22-21(24-18)15-6-2-1-3-7-15/h1-3,6-7,14,17H,4-5,8-13H2,(H,23,26)/t17-/m1/s1. The number of nitrogens with zero attached hydrogens (tertiary/aromatic N) is 3. The predicted molar refractivity (Wildman–Crippen MR) is 102 cm³/mol. The minimum Gasteiger partial charge on any atom is -0.349 e. The van der Waals surface area contributed by atoms with Gasteiger partial charge in [-0.15, -0.1) is 0 Å². The molecule has 1 aromatic heterocycles. The Bertz CT molecular complexity index is 837. The van der Waals surface area contributed by atoms with E-state index in [4.69, 9.17) is 4.98 Å². The molecule has 27 heavy (non-hydrogen) atoms. The molecule has 140 valence electrons. The number of aryl methyl sites for hydroxylation is 1. The van der Waals surface area contributed by atoms with Crippen LogP contribution >= 0.6 is 0 Å². The molecule has 1 aliphatic carbocycles. The Morgan fingerprint density at radius 1 is 1.19 bits per heavy atom. The van der Waals surface area contributed by atoms with Crippen LogP contribution in [0.25, 0.3) is 11.4 Å². The molecule has 6 nitrogen and oxygen atoms in total. The number of hydrogen-bond donors (Lipinski definition) is 1. The largest absolute Gasteiger partial charge is 0.349 e. The summed E-state index contributed by atoms with van der Waals surface area (Å²) in [4.78, 5) is 35.1. The number of amides is 2. The topological polar surface area (TPSA) is 75.2 Å². The van der Waals surface area contributed by atoms with E-state index in [0.29, 0.717) is 19.4 Å². The Hall–Kier alpha value is -2.76. The zero-order chi connectivity index (χ0) is 18.6. The van der Waals surface area contributed by atoms with E-state index in [1.165, 1.54) is 0 Å². The van der Waals surface area contributed by atoms with Crippen LogP contribution in [0.4, 0.5) is 0 Å². The summed E-state index contributed by atoms with van der Waals surface area (Å²) >= 11 is 0. The van der Waals surface area contributed by atoms with Crippen molar-refractivity contribution >= 4 is 11.8 Å². The summed E-state index contributed by atoms with van der Waals surface area (Å²) in [7, 11) is 0. The van der Waals surface area contributed by atoms with Crippen LogP contribution in [-0.2, 0) is 16.0 Å². The monoisotopic (exact) mass is 364 g/mol. The predicted octanol–water partition coefficient (Wildman–Crippen LogP) is 2.65. The second kappa shape index (κ2) is 7.86. The Kier molecular flexibility index (Phi) is 5.14. The molecule has 2 aliphatic rings. The van der Waals surface area contributed by atoms with Crippen LogP contribution in [0.3, 0.4) is 0 Å². The minimum absolute atomic E-state index is 0.0142. The van der Waals surface area contributed by atoms with Crippen molar-refractivity contribution in [3.63, 3.8) is 0 Å². The molecule has 1 N–H and O–H groups in total. The van der Waals surface area contributed by atoms with Crippen molar-refractivity contribution < 1.29 is 9.59 Å². The van der Waals surface area contributed by atoms with Gasteiger partial charge in [0.2, 0.25) is 11.8 Å². The summed E-state index contributed by atoms with van der Waals surface area (Å²) in [5, 5.41) is 3.12. The third-order valence-corrected chi connectivity index (χ3v) is 5.33. The number of hydrogen-bond acceptors (Lipinski definition) is 4. The van der Waals surface area contributed by atoms with Gasteiger partial charge in [0.1, 0.15) is 0 Å². The van der Waals surface area contributed by atoms with Crippen molar-refractivity contribution in [2.75, 3.05) is 13.1 Å². The molecule has 0 bridgehead atoms. The van der Waals surface area contributed by atoms with Crippen LogP contribution in [0.2, 0.25) is 0 Å². The average molecular weight is 364 g/mol. The van der Waals surface area contributed by atoms with E-state index < -0.39 is 0 Å². The Morgan fingerprint density at radius 2 is 2.04 bits per heavy atom. The molecule has 0 unspecified atom stereocenters. The molecule has 1 atom stereocenters. The van der Waals surface area contributed by atoms with Gasteiger partial charge in [-0.1, -0.05) is 30.3 Å². The SMILES string of the molecule is O=C(CCN1CCCC1=O)N[C@@H]1CCCc2nc(-c3ccccc3)ncc21. The van der Waals surface area contributed by atoms with E-state index in [0.717, 1.165) is 54.9 Å². The summed E-state index contributed by atoms with van der Waals surface area (Å²) in [5.41, 5.74) is 3.04. The second-order valence-corrected chi connectivity index (χ2v) is 7.21. The molecule has 1 aliphatic heterocycles. The molecule has 1 aromatic carbocycles. The first-order valence-corrected chi connectivity index (χ1v) is 9.69. The van der Waals surface area contributed by atoms with Gasteiger partial charge < -0.3 is 10.2 Å². The van der Waals surface area contributed by atoms with Crippen LogP contribution in [0, 0.1) is 0 Å². The van der Waals surface area contributed by atoms with E-state index >= 15 is 0 Å². The summed E-state index contributed by atoms with van der Waals surface area (Å²) in [6.45, 7) is 1.28. The molecule has 2 amide bonds. The highest BCUT2D eigenvalue weighted by Crippen LogP contribution is 2.29. The lowest BCUT2D eigenvalue weighted by molar-refractivity contribution is -0.128. The Balaban J connectivity index is 1.42. The van der Waals surface area contributed by atoms with E-state index in [1.54, 1.807) is 4.90 Å². The lowest BCUT2D eigenvalue weighted by Crippen LogP contribution is -2.35. The zero-order valence-electron chi connectivity index (χ0n) is 15.4. The molecular weight excluding hydrogens is 340 g/mol. The second-order valence-electron chi connectivity index (χ2n) is 7.21. The first-order chi connectivity index (χ1) is 13.2. The molecule has 1 fully saturated rings. The Morgan fingerprint density at radius 3 is 2.81 bits per heavy atom. The van der Waals surface area contributed by atoms with Crippen molar-refractivity contribution in [1.82, 2.24) is 20.2 Å². The van der Waals surface area contributed by atoms with Crippen LogP contribution < -0.4 is 5.32 Å². The van der Waals surface area contributed by atoms with Gasteiger partial charge in [-0.2, -0.15) is 0 Å². The molecule has 6 heteroatoms. The molecule has 2 heterocycles. The van der Waals surface area contributed by atoms with Gasteiger partial charge in [0.15, 0.2) is 5.82 Å². The van der Waals surface area contributed by atoms with Crippen molar-refractivity contribution in [1.29, 1.82) is 0 Å². The number of benzene rings is 1. The molecule has 0 spiro atoms. The molecule has 2 aromatic rings. The summed E-state index contributed by atoms with van der Waals surface area (Å²) in [6.07, 6.45) is 6.52. The first kappa shape index (κ1) is 17.6. The molecule has 0 radical (unpaired) electrons. The van der Waals surface area contributed by atoms with Crippen molar-refractivity contribution in [2.45, 2.75) is 44.6 Å². The summed E-state index contributed by atoms with van der Waals surface area (Å²) in [6, 6.07) is 9.90.